The number of nitrogens with zero attached hydrogens (tertiary/aromatic N) is 1. The highest BCUT2D eigenvalue weighted by molar-refractivity contribution is 7.88. The second kappa shape index (κ2) is 8.19. The lowest BCUT2D eigenvalue weighted by Gasteiger charge is -2.33. The molecule has 1 aromatic rings. The van der Waals surface area contributed by atoms with Gasteiger partial charge in [0.1, 0.15) is 11.8 Å². The van der Waals surface area contributed by atoms with Crippen LogP contribution in [0, 0.1) is 0 Å². The summed E-state index contributed by atoms with van der Waals surface area (Å²) >= 11 is 0. The van der Waals surface area contributed by atoms with Gasteiger partial charge in [-0.3, -0.25) is 4.79 Å². The van der Waals surface area contributed by atoms with E-state index in [2.05, 4.69) is 5.32 Å². The molecule has 0 bridgehead atoms. The van der Waals surface area contributed by atoms with Crippen molar-refractivity contribution in [2.45, 2.75) is 58.2 Å². The standard InChI is InChI=1S/C18H28N2O4S/c1-13(2)24-16-10-8-15(9-11-16)14(3)19-18(21)17-7-5-6-12-20(17)25(4,22)23/h8-11,13-14,17H,5-7,12H2,1-4H3,(H,19,21). The summed E-state index contributed by atoms with van der Waals surface area (Å²) in [7, 11) is -3.38. The zero-order valence-electron chi connectivity index (χ0n) is 15.4. The van der Waals surface area contributed by atoms with Gasteiger partial charge in [-0.1, -0.05) is 18.6 Å². The highest BCUT2D eigenvalue weighted by Gasteiger charge is 2.34. The summed E-state index contributed by atoms with van der Waals surface area (Å²) in [4.78, 5) is 12.6. The second-order valence-electron chi connectivity index (χ2n) is 6.85. The summed E-state index contributed by atoms with van der Waals surface area (Å²) < 4.78 is 30.8. The fourth-order valence-corrected chi connectivity index (χ4v) is 4.19. The Balaban J connectivity index is 2.03. The Kier molecular flexibility index (Phi) is 6.46. The number of piperidine rings is 1. The minimum Gasteiger partial charge on any atom is -0.491 e. The molecule has 7 heteroatoms. The largest absolute Gasteiger partial charge is 0.491 e. The highest BCUT2D eigenvalue weighted by atomic mass is 32.2. The normalized spacial score (nSPS) is 20.3. The van der Waals surface area contributed by atoms with Gasteiger partial charge in [-0.15, -0.1) is 0 Å². The van der Waals surface area contributed by atoms with Crippen LogP contribution in [0.2, 0.25) is 0 Å². The molecule has 140 valence electrons. The van der Waals surface area contributed by atoms with Crippen molar-refractivity contribution in [3.8, 4) is 5.75 Å². The molecule has 0 spiro atoms. The minimum atomic E-state index is -3.38. The molecule has 0 saturated carbocycles. The Hall–Kier alpha value is -1.60. The van der Waals surface area contributed by atoms with Crippen LogP contribution in [0.25, 0.3) is 0 Å². The third kappa shape index (κ3) is 5.44. The van der Waals surface area contributed by atoms with Crippen LogP contribution < -0.4 is 10.1 Å². The van der Waals surface area contributed by atoms with Gasteiger partial charge in [0.25, 0.3) is 0 Å². The number of ether oxygens (including phenoxy) is 1. The van der Waals surface area contributed by atoms with Crippen LogP contribution in [-0.2, 0) is 14.8 Å². The molecule has 1 aromatic carbocycles. The van der Waals surface area contributed by atoms with Crippen molar-refractivity contribution in [2.75, 3.05) is 12.8 Å². The summed E-state index contributed by atoms with van der Waals surface area (Å²) in [5.74, 6) is 0.549. The van der Waals surface area contributed by atoms with Crippen molar-refractivity contribution < 1.29 is 17.9 Å². The Morgan fingerprint density at radius 2 is 1.84 bits per heavy atom. The van der Waals surface area contributed by atoms with Gasteiger partial charge in [-0.05, 0) is 51.3 Å². The molecule has 2 unspecified atom stereocenters. The first-order chi connectivity index (χ1) is 11.7. The van der Waals surface area contributed by atoms with E-state index in [1.807, 2.05) is 45.0 Å². The summed E-state index contributed by atoms with van der Waals surface area (Å²) in [6.45, 7) is 6.24. The predicted octanol–water partition coefficient (Wildman–Crippen LogP) is 2.47. The monoisotopic (exact) mass is 368 g/mol. The fourth-order valence-electron chi connectivity index (χ4n) is 3.06. The van der Waals surface area contributed by atoms with E-state index < -0.39 is 16.1 Å². The van der Waals surface area contributed by atoms with E-state index in [1.165, 1.54) is 4.31 Å². The quantitative estimate of drug-likeness (QED) is 0.837. The lowest BCUT2D eigenvalue weighted by Crippen LogP contribution is -2.51. The molecule has 1 saturated heterocycles. The Morgan fingerprint density at radius 3 is 2.40 bits per heavy atom. The van der Waals surface area contributed by atoms with Crippen molar-refractivity contribution in [1.29, 1.82) is 0 Å². The van der Waals surface area contributed by atoms with Crippen LogP contribution in [0.1, 0.15) is 51.6 Å². The average molecular weight is 368 g/mol. The first kappa shape index (κ1) is 19.7. The van der Waals surface area contributed by atoms with Crippen LogP contribution in [-0.4, -0.2) is 43.6 Å². The molecule has 1 amide bonds. The summed E-state index contributed by atoms with van der Waals surface area (Å²) in [6, 6.07) is 6.76. The molecule has 1 heterocycles. The molecule has 1 N–H and O–H groups in total. The lowest BCUT2D eigenvalue weighted by atomic mass is 10.0. The number of rotatable bonds is 6. The van der Waals surface area contributed by atoms with Gasteiger partial charge in [0.05, 0.1) is 18.4 Å². The van der Waals surface area contributed by atoms with Gasteiger partial charge in [0, 0.05) is 6.54 Å². The maximum absolute atomic E-state index is 12.6. The molecule has 2 rings (SSSR count). The average Bonchev–Trinajstić information content (AvgIpc) is 2.54. The second-order valence-corrected chi connectivity index (χ2v) is 8.79. The number of hydrogen-bond acceptors (Lipinski definition) is 4. The molecule has 0 aromatic heterocycles. The van der Waals surface area contributed by atoms with E-state index in [0.29, 0.717) is 13.0 Å². The van der Waals surface area contributed by atoms with Gasteiger partial charge in [0.15, 0.2) is 0 Å². The number of carbonyl (C=O) groups is 1. The minimum absolute atomic E-state index is 0.108. The molecule has 0 aliphatic carbocycles. The Labute approximate surface area is 150 Å². The Bertz CT molecular complexity index is 686. The van der Waals surface area contributed by atoms with Crippen LogP contribution in [0.4, 0.5) is 0 Å². The third-order valence-corrected chi connectivity index (χ3v) is 5.58. The maximum atomic E-state index is 12.6. The first-order valence-electron chi connectivity index (χ1n) is 8.72. The molecule has 1 fully saturated rings. The predicted molar refractivity (Wildman–Crippen MR) is 98.0 cm³/mol. The van der Waals surface area contributed by atoms with Crippen molar-refractivity contribution in [3.63, 3.8) is 0 Å². The summed E-state index contributed by atoms with van der Waals surface area (Å²) in [5, 5.41) is 2.94. The number of benzene rings is 1. The SMILES string of the molecule is CC(C)Oc1ccc(C(C)NC(=O)C2CCCCN2S(C)(=O)=O)cc1. The zero-order chi connectivity index (χ0) is 18.6. The summed E-state index contributed by atoms with van der Waals surface area (Å²) in [5.41, 5.74) is 0.950. The van der Waals surface area contributed by atoms with Crippen LogP contribution >= 0.6 is 0 Å². The molecule has 0 radical (unpaired) electrons. The van der Waals surface area contributed by atoms with E-state index in [9.17, 15) is 13.2 Å². The number of sulfonamides is 1. The maximum Gasteiger partial charge on any atom is 0.238 e. The molecule has 2 atom stereocenters. The van der Waals surface area contributed by atoms with E-state index in [-0.39, 0.29) is 18.1 Å². The van der Waals surface area contributed by atoms with Crippen molar-refractivity contribution in [3.05, 3.63) is 29.8 Å². The van der Waals surface area contributed by atoms with Crippen molar-refractivity contribution in [2.24, 2.45) is 0 Å². The molecule has 25 heavy (non-hydrogen) atoms. The number of carbonyl (C=O) groups excluding carboxylic acids is 1. The fraction of sp³-hybridized carbons (Fsp3) is 0.611. The first-order valence-corrected chi connectivity index (χ1v) is 10.6. The van der Waals surface area contributed by atoms with Crippen molar-refractivity contribution in [1.82, 2.24) is 9.62 Å². The number of amides is 1. The van der Waals surface area contributed by atoms with Gasteiger partial charge >= 0.3 is 0 Å². The van der Waals surface area contributed by atoms with Gasteiger partial charge in [0.2, 0.25) is 15.9 Å². The smallest absolute Gasteiger partial charge is 0.238 e. The number of hydrogen-bond donors (Lipinski definition) is 1. The summed E-state index contributed by atoms with van der Waals surface area (Å²) in [6.07, 6.45) is 3.49. The molecular weight excluding hydrogens is 340 g/mol. The highest BCUT2D eigenvalue weighted by Crippen LogP contribution is 2.22. The zero-order valence-corrected chi connectivity index (χ0v) is 16.2. The van der Waals surface area contributed by atoms with Gasteiger partial charge < -0.3 is 10.1 Å². The lowest BCUT2D eigenvalue weighted by molar-refractivity contribution is -0.126. The van der Waals surface area contributed by atoms with E-state index >= 15 is 0 Å². The van der Waals surface area contributed by atoms with E-state index in [1.54, 1.807) is 0 Å². The molecule has 1 aliphatic heterocycles. The van der Waals surface area contributed by atoms with Crippen LogP contribution in [0.3, 0.4) is 0 Å². The number of nitrogens with one attached hydrogen (secondary N) is 1. The van der Waals surface area contributed by atoms with Gasteiger partial charge in [-0.25, -0.2) is 8.42 Å². The molecule has 6 nitrogen and oxygen atoms in total. The van der Waals surface area contributed by atoms with Crippen molar-refractivity contribution >= 4 is 15.9 Å². The van der Waals surface area contributed by atoms with Crippen LogP contribution in [0.15, 0.2) is 24.3 Å². The molecule has 1 aliphatic rings. The molecular formula is C18H28N2O4S. The topological polar surface area (TPSA) is 75.7 Å². The van der Waals surface area contributed by atoms with Gasteiger partial charge in [-0.2, -0.15) is 4.31 Å². The van der Waals surface area contributed by atoms with E-state index in [4.69, 9.17) is 4.74 Å². The van der Waals surface area contributed by atoms with E-state index in [0.717, 1.165) is 30.4 Å². The Morgan fingerprint density at radius 1 is 1.20 bits per heavy atom. The van der Waals surface area contributed by atoms with Crippen LogP contribution in [0.5, 0.6) is 5.75 Å². The third-order valence-electron chi connectivity index (χ3n) is 4.29.